The van der Waals surface area contributed by atoms with E-state index in [9.17, 15) is 0 Å². The lowest BCUT2D eigenvalue weighted by molar-refractivity contribution is -0.145. The van der Waals surface area contributed by atoms with Crippen molar-refractivity contribution < 1.29 is 22.9 Å². The summed E-state index contributed by atoms with van der Waals surface area (Å²) >= 11 is 0. The first-order valence-electron chi connectivity index (χ1n) is 2.43. The van der Waals surface area contributed by atoms with Gasteiger partial charge in [-0.15, -0.1) is 0 Å². The van der Waals surface area contributed by atoms with E-state index in [4.69, 9.17) is 9.59 Å². The molecule has 9 heavy (non-hydrogen) atoms. The van der Waals surface area contributed by atoms with Crippen LogP contribution in [0.25, 0.3) is 0 Å². The van der Waals surface area contributed by atoms with Gasteiger partial charge >= 0.3 is 17.6 Å². The molecule has 0 aromatic carbocycles. The van der Waals surface area contributed by atoms with Crippen molar-refractivity contribution in [3.63, 3.8) is 0 Å². The van der Waals surface area contributed by atoms with Crippen LogP contribution >= 0.6 is 0 Å². The van der Waals surface area contributed by atoms with Gasteiger partial charge in [-0.2, -0.15) is 0 Å². The van der Waals surface area contributed by atoms with Crippen molar-refractivity contribution >= 4 is 17.6 Å². The van der Waals surface area contributed by atoms with Gasteiger partial charge < -0.3 is 13.7 Å². The van der Waals surface area contributed by atoms with E-state index in [0.29, 0.717) is 0 Å². The highest BCUT2D eigenvalue weighted by Gasteiger charge is 2.54. The van der Waals surface area contributed by atoms with Crippen LogP contribution in [0.1, 0.15) is 0 Å². The maximum atomic E-state index is 8.69. The highest BCUT2D eigenvalue weighted by atomic mass is 28.5. The Labute approximate surface area is 54.5 Å². The molecular formula is C2H8O5Si2. The third-order valence-corrected chi connectivity index (χ3v) is 4.71. The molecule has 7 heteroatoms. The van der Waals surface area contributed by atoms with Crippen LogP contribution in [0.2, 0.25) is 13.1 Å². The van der Waals surface area contributed by atoms with Crippen LogP contribution in [0.15, 0.2) is 0 Å². The Kier molecular flexibility index (Phi) is 1.51. The van der Waals surface area contributed by atoms with E-state index in [-0.39, 0.29) is 0 Å². The van der Waals surface area contributed by atoms with E-state index >= 15 is 0 Å². The molecule has 0 saturated carbocycles. The third kappa shape index (κ3) is 1.83. The van der Waals surface area contributed by atoms with Gasteiger partial charge in [-0.1, -0.05) is 0 Å². The van der Waals surface area contributed by atoms with Crippen LogP contribution in [-0.4, -0.2) is 27.2 Å². The van der Waals surface area contributed by atoms with Gasteiger partial charge in [0.15, 0.2) is 0 Å². The van der Waals surface area contributed by atoms with Gasteiger partial charge in [0.2, 0.25) is 0 Å². The van der Waals surface area contributed by atoms with Crippen molar-refractivity contribution in [1.29, 1.82) is 0 Å². The van der Waals surface area contributed by atoms with Crippen molar-refractivity contribution in [1.82, 2.24) is 0 Å². The van der Waals surface area contributed by atoms with Crippen molar-refractivity contribution in [3.05, 3.63) is 0 Å². The zero-order valence-corrected chi connectivity index (χ0v) is 7.12. The number of hydrogen-bond acceptors (Lipinski definition) is 5. The molecule has 0 radical (unpaired) electrons. The van der Waals surface area contributed by atoms with Crippen LogP contribution in [0, 0.1) is 0 Å². The van der Waals surface area contributed by atoms with Crippen molar-refractivity contribution in [2.45, 2.75) is 13.1 Å². The Bertz CT molecular complexity index is 108. The van der Waals surface area contributed by atoms with Gasteiger partial charge in [-0.25, -0.2) is 4.58 Å². The molecule has 1 saturated heterocycles. The van der Waals surface area contributed by atoms with Gasteiger partial charge in [0.1, 0.15) is 0 Å². The molecule has 2 N–H and O–H groups in total. The van der Waals surface area contributed by atoms with Gasteiger partial charge in [0.25, 0.3) is 0 Å². The second kappa shape index (κ2) is 1.86. The molecule has 0 atom stereocenters. The Hall–Kier alpha value is 0.234. The molecule has 1 fully saturated rings. The normalized spacial score (nSPS) is 30.7. The Morgan fingerprint density at radius 3 is 1.78 bits per heavy atom. The van der Waals surface area contributed by atoms with E-state index < -0.39 is 17.6 Å². The van der Waals surface area contributed by atoms with Crippen molar-refractivity contribution in [3.8, 4) is 0 Å². The first kappa shape index (κ1) is 7.34. The van der Waals surface area contributed by atoms with Gasteiger partial charge in [-0.05, 0) is 13.1 Å². The lowest BCUT2D eigenvalue weighted by Crippen LogP contribution is -2.41. The number of rotatable bonds is 0. The smallest absolute Gasteiger partial charge is 0.368 e. The highest BCUT2D eigenvalue weighted by molar-refractivity contribution is 6.75. The second-order valence-corrected chi connectivity index (χ2v) is 7.26. The van der Waals surface area contributed by atoms with Gasteiger partial charge in [0.05, 0.1) is 0 Å². The minimum atomic E-state index is -3.84. The fourth-order valence-electron chi connectivity index (χ4n) is 0.509. The van der Waals surface area contributed by atoms with Crippen LogP contribution in [0.4, 0.5) is 0 Å². The molecule has 0 amide bonds. The summed E-state index contributed by atoms with van der Waals surface area (Å²) in [5.74, 6) is 0. The first-order valence-corrected chi connectivity index (χ1v) is 6.96. The van der Waals surface area contributed by atoms with Crippen LogP contribution < -0.4 is 0 Å². The molecule has 0 aromatic rings. The summed E-state index contributed by atoms with van der Waals surface area (Å²) in [7, 11) is -6.17. The lowest BCUT2D eigenvalue weighted by atomic mass is 11.9. The molecule has 1 rings (SSSR count). The monoisotopic (exact) mass is 168 g/mol. The van der Waals surface area contributed by atoms with E-state index in [2.05, 4.69) is 13.3 Å². The molecule has 1 heterocycles. The molecule has 5 nitrogen and oxygen atoms in total. The van der Waals surface area contributed by atoms with Crippen LogP contribution in [0.3, 0.4) is 0 Å². The molecule has 0 aliphatic carbocycles. The van der Waals surface area contributed by atoms with Crippen LogP contribution in [-0.2, 0) is 13.3 Å². The molecular weight excluding hydrogens is 160 g/mol. The van der Waals surface area contributed by atoms with E-state index in [1.165, 1.54) is 0 Å². The standard InChI is InChI=1S/C2H8O5Si2/c1-8(2)5-6-9(3,4)7-8/h3-4H,1-2H3. The average Bonchev–Trinajstić information content (AvgIpc) is 1.78. The van der Waals surface area contributed by atoms with E-state index in [0.717, 1.165) is 0 Å². The summed E-state index contributed by atoms with van der Waals surface area (Å²) in [5.41, 5.74) is 0. The van der Waals surface area contributed by atoms with E-state index in [1.807, 2.05) is 0 Å². The number of hydrogen-bond donors (Lipinski definition) is 2. The predicted octanol–water partition coefficient (Wildman–Crippen LogP) is -0.913. The zero-order chi connectivity index (χ0) is 7.12. The van der Waals surface area contributed by atoms with Gasteiger partial charge in [-0.3, -0.25) is 4.58 Å². The first-order chi connectivity index (χ1) is 3.91. The summed E-state index contributed by atoms with van der Waals surface area (Å²) in [6.07, 6.45) is 0. The van der Waals surface area contributed by atoms with Crippen LogP contribution in [0.5, 0.6) is 0 Å². The average molecular weight is 168 g/mol. The molecule has 0 aromatic heterocycles. The minimum Gasteiger partial charge on any atom is -0.368 e. The SMILES string of the molecule is C[Si]1(C)OO[Si](O)(O)O1. The maximum absolute atomic E-state index is 8.69. The topological polar surface area (TPSA) is 68.2 Å². The summed E-state index contributed by atoms with van der Waals surface area (Å²) in [6, 6.07) is 0. The Morgan fingerprint density at radius 2 is 1.67 bits per heavy atom. The van der Waals surface area contributed by atoms with Crippen molar-refractivity contribution in [2.75, 3.05) is 0 Å². The summed E-state index contributed by atoms with van der Waals surface area (Å²) in [6.45, 7) is 3.32. The fraction of sp³-hybridized carbons (Fsp3) is 1.00. The molecule has 54 valence electrons. The molecule has 0 bridgehead atoms. The maximum Gasteiger partial charge on any atom is 0.692 e. The Balaban J connectivity index is 2.58. The minimum absolute atomic E-state index is 1.66. The second-order valence-electron chi connectivity index (χ2n) is 2.22. The molecule has 1 aliphatic heterocycles. The molecule has 1 aliphatic rings. The largest absolute Gasteiger partial charge is 0.692 e. The summed E-state index contributed by atoms with van der Waals surface area (Å²) in [5, 5.41) is 0. The fourth-order valence-corrected chi connectivity index (χ4v) is 4.58. The summed E-state index contributed by atoms with van der Waals surface area (Å²) in [4.78, 5) is 17.4. The zero-order valence-electron chi connectivity index (χ0n) is 5.12. The molecule has 0 unspecified atom stereocenters. The highest BCUT2D eigenvalue weighted by Crippen LogP contribution is 2.21. The summed E-state index contributed by atoms with van der Waals surface area (Å²) < 4.78 is 13.4. The quantitative estimate of drug-likeness (QED) is 0.362. The van der Waals surface area contributed by atoms with Crippen molar-refractivity contribution in [2.24, 2.45) is 0 Å². The third-order valence-electron chi connectivity index (χ3n) is 0.730. The van der Waals surface area contributed by atoms with E-state index in [1.54, 1.807) is 13.1 Å². The lowest BCUT2D eigenvalue weighted by Gasteiger charge is -2.08. The predicted molar refractivity (Wildman–Crippen MR) is 30.9 cm³/mol. The molecule has 0 spiro atoms. The Morgan fingerprint density at radius 1 is 1.11 bits per heavy atom. The van der Waals surface area contributed by atoms with Gasteiger partial charge in [0, 0.05) is 0 Å².